The minimum absolute atomic E-state index is 0.911. The van der Waals surface area contributed by atoms with Crippen molar-refractivity contribution < 1.29 is 0 Å². The van der Waals surface area contributed by atoms with Gasteiger partial charge in [0.15, 0.2) is 0 Å². The molecule has 0 amide bonds. The molecule has 3 rings (SSSR count). The molecule has 0 bridgehead atoms. The number of hydrogen-bond acceptors (Lipinski definition) is 0. The van der Waals surface area contributed by atoms with E-state index in [9.17, 15) is 0 Å². The van der Waals surface area contributed by atoms with Gasteiger partial charge in [0.2, 0.25) is 0 Å². The van der Waals surface area contributed by atoms with Crippen LogP contribution in [0.3, 0.4) is 0 Å². The van der Waals surface area contributed by atoms with E-state index < -0.39 is 0 Å². The Morgan fingerprint density at radius 2 is 2.20 bits per heavy atom. The van der Waals surface area contributed by atoms with Crippen molar-refractivity contribution in [3.8, 4) is 0 Å². The van der Waals surface area contributed by atoms with Gasteiger partial charge in [-0.05, 0) is 36.0 Å². The standard InChI is InChI=1S/C10H14/c1-5-3-7-4-8-6(2)9(5)10(7)8/h3,5-6,8-10H,4H2,1-2H3. The highest BCUT2D eigenvalue weighted by atomic mass is 14.6. The molecule has 2 saturated carbocycles. The van der Waals surface area contributed by atoms with Gasteiger partial charge in [-0.1, -0.05) is 25.5 Å². The Balaban J connectivity index is 2.00. The first-order valence-corrected chi connectivity index (χ1v) is 4.49. The summed E-state index contributed by atoms with van der Waals surface area (Å²) < 4.78 is 0. The summed E-state index contributed by atoms with van der Waals surface area (Å²) in [6, 6.07) is 0. The van der Waals surface area contributed by atoms with Crippen LogP contribution in [0, 0.1) is 29.6 Å². The van der Waals surface area contributed by atoms with Crippen LogP contribution in [0.2, 0.25) is 0 Å². The SMILES string of the molecule is CC1C=C2CC3C(C)C1C23. The molecule has 0 N–H and O–H groups in total. The van der Waals surface area contributed by atoms with Gasteiger partial charge in [-0.25, -0.2) is 0 Å². The van der Waals surface area contributed by atoms with Crippen LogP contribution in [0.4, 0.5) is 0 Å². The molecule has 0 heteroatoms. The van der Waals surface area contributed by atoms with Crippen molar-refractivity contribution in [2.45, 2.75) is 20.3 Å². The smallest absolute Gasteiger partial charge is 0.0132 e. The maximum absolute atomic E-state index is 2.54. The van der Waals surface area contributed by atoms with E-state index in [0.717, 1.165) is 29.6 Å². The molecule has 0 heterocycles. The molecule has 0 nitrogen and oxygen atoms in total. The van der Waals surface area contributed by atoms with Crippen molar-refractivity contribution in [2.24, 2.45) is 29.6 Å². The van der Waals surface area contributed by atoms with Crippen LogP contribution >= 0.6 is 0 Å². The van der Waals surface area contributed by atoms with E-state index in [1.807, 2.05) is 0 Å². The number of hydrogen-bond donors (Lipinski definition) is 0. The summed E-state index contributed by atoms with van der Waals surface area (Å²) in [7, 11) is 0. The van der Waals surface area contributed by atoms with Crippen LogP contribution in [-0.4, -0.2) is 0 Å². The second kappa shape index (κ2) is 1.34. The zero-order chi connectivity index (χ0) is 6.88. The Labute approximate surface area is 62.3 Å². The molecule has 0 aromatic rings. The van der Waals surface area contributed by atoms with Gasteiger partial charge < -0.3 is 0 Å². The molecule has 3 aliphatic carbocycles. The second-order valence-electron chi connectivity index (χ2n) is 4.43. The average molecular weight is 134 g/mol. The predicted molar refractivity (Wildman–Crippen MR) is 41.5 cm³/mol. The van der Waals surface area contributed by atoms with Gasteiger partial charge in [-0.2, -0.15) is 0 Å². The van der Waals surface area contributed by atoms with E-state index in [0.29, 0.717) is 0 Å². The summed E-state index contributed by atoms with van der Waals surface area (Å²) in [4.78, 5) is 0. The normalized spacial score (nSPS) is 62.2. The molecule has 0 aromatic heterocycles. The molecule has 54 valence electrons. The molecule has 5 unspecified atom stereocenters. The Kier molecular flexibility index (Phi) is 0.725. The molecule has 5 atom stereocenters. The van der Waals surface area contributed by atoms with E-state index in [4.69, 9.17) is 0 Å². The number of allylic oxidation sites excluding steroid dienone is 2. The first-order valence-electron chi connectivity index (χ1n) is 4.49. The van der Waals surface area contributed by atoms with Crippen molar-refractivity contribution in [3.63, 3.8) is 0 Å². The second-order valence-corrected chi connectivity index (χ2v) is 4.43. The summed E-state index contributed by atoms with van der Waals surface area (Å²) in [6.07, 6.45) is 3.99. The van der Waals surface area contributed by atoms with Crippen LogP contribution in [0.15, 0.2) is 11.6 Å². The van der Waals surface area contributed by atoms with Crippen LogP contribution in [0.1, 0.15) is 20.3 Å². The third-order valence-electron chi connectivity index (χ3n) is 4.14. The maximum Gasteiger partial charge on any atom is -0.0132 e. The number of rotatable bonds is 0. The van der Waals surface area contributed by atoms with Crippen LogP contribution < -0.4 is 0 Å². The molecular weight excluding hydrogens is 120 g/mol. The lowest BCUT2D eigenvalue weighted by Crippen LogP contribution is -2.51. The Hall–Kier alpha value is -0.260. The topological polar surface area (TPSA) is 0 Å². The van der Waals surface area contributed by atoms with E-state index >= 15 is 0 Å². The van der Waals surface area contributed by atoms with Gasteiger partial charge in [-0.3, -0.25) is 0 Å². The van der Waals surface area contributed by atoms with Crippen molar-refractivity contribution in [3.05, 3.63) is 11.6 Å². The lowest BCUT2D eigenvalue weighted by molar-refractivity contribution is -0.0393. The third kappa shape index (κ3) is 0.349. The van der Waals surface area contributed by atoms with Crippen LogP contribution in [0.5, 0.6) is 0 Å². The largest absolute Gasteiger partial charge is 0.0819 e. The highest BCUT2D eigenvalue weighted by Gasteiger charge is 2.60. The molecule has 0 aliphatic heterocycles. The lowest BCUT2D eigenvalue weighted by Gasteiger charge is -2.57. The van der Waals surface area contributed by atoms with Gasteiger partial charge in [0.05, 0.1) is 0 Å². The Morgan fingerprint density at radius 1 is 1.40 bits per heavy atom. The van der Waals surface area contributed by atoms with Crippen molar-refractivity contribution in [1.82, 2.24) is 0 Å². The molecule has 0 radical (unpaired) electrons. The van der Waals surface area contributed by atoms with Crippen LogP contribution in [0.25, 0.3) is 0 Å². The lowest BCUT2D eigenvalue weighted by atomic mass is 9.47. The quantitative estimate of drug-likeness (QED) is 0.446. The summed E-state index contributed by atoms with van der Waals surface area (Å²) in [5.74, 6) is 5.20. The van der Waals surface area contributed by atoms with Gasteiger partial charge >= 0.3 is 0 Å². The summed E-state index contributed by atoms with van der Waals surface area (Å²) >= 11 is 0. The third-order valence-corrected chi connectivity index (χ3v) is 4.14. The fourth-order valence-electron chi connectivity index (χ4n) is 3.60. The molecular formula is C10H14. The molecule has 2 fully saturated rings. The zero-order valence-electron chi connectivity index (χ0n) is 6.67. The molecule has 0 spiro atoms. The molecule has 3 aliphatic rings. The highest BCUT2D eigenvalue weighted by Crippen LogP contribution is 2.67. The minimum Gasteiger partial charge on any atom is -0.0819 e. The average Bonchev–Trinajstić information content (AvgIpc) is 1.97. The monoisotopic (exact) mass is 134 g/mol. The predicted octanol–water partition coefficient (Wildman–Crippen LogP) is 2.46. The maximum atomic E-state index is 2.54. The Bertz CT molecular complexity index is 214. The van der Waals surface area contributed by atoms with E-state index in [2.05, 4.69) is 19.9 Å². The van der Waals surface area contributed by atoms with Crippen molar-refractivity contribution in [2.75, 3.05) is 0 Å². The van der Waals surface area contributed by atoms with Gasteiger partial charge in [0.25, 0.3) is 0 Å². The van der Waals surface area contributed by atoms with Crippen molar-refractivity contribution in [1.29, 1.82) is 0 Å². The fraction of sp³-hybridized carbons (Fsp3) is 0.800. The summed E-state index contributed by atoms with van der Waals surface area (Å²) in [6.45, 7) is 4.83. The van der Waals surface area contributed by atoms with E-state index in [1.165, 1.54) is 6.42 Å². The summed E-state index contributed by atoms with van der Waals surface area (Å²) in [5.41, 5.74) is 1.81. The zero-order valence-corrected chi connectivity index (χ0v) is 6.67. The summed E-state index contributed by atoms with van der Waals surface area (Å²) in [5, 5.41) is 0. The molecule has 0 aromatic carbocycles. The van der Waals surface area contributed by atoms with Crippen LogP contribution in [-0.2, 0) is 0 Å². The minimum atomic E-state index is 0.911. The van der Waals surface area contributed by atoms with E-state index in [1.54, 1.807) is 5.57 Å². The molecule has 0 saturated heterocycles. The van der Waals surface area contributed by atoms with Gasteiger partial charge in [-0.15, -0.1) is 0 Å². The highest BCUT2D eigenvalue weighted by molar-refractivity contribution is 5.34. The van der Waals surface area contributed by atoms with Gasteiger partial charge in [0, 0.05) is 0 Å². The van der Waals surface area contributed by atoms with E-state index in [-0.39, 0.29) is 0 Å². The van der Waals surface area contributed by atoms with Gasteiger partial charge in [0.1, 0.15) is 0 Å². The first-order chi connectivity index (χ1) is 4.79. The fourth-order valence-corrected chi connectivity index (χ4v) is 3.60. The Morgan fingerprint density at radius 3 is 2.90 bits per heavy atom. The first kappa shape index (κ1) is 5.40. The van der Waals surface area contributed by atoms with Crippen molar-refractivity contribution >= 4 is 0 Å². The molecule has 10 heavy (non-hydrogen) atoms.